The number of carbonyl (C=O) groups excluding carboxylic acids is 2. The molecule has 0 radical (unpaired) electrons. The van der Waals surface area contributed by atoms with E-state index < -0.39 is 16.8 Å². The van der Waals surface area contributed by atoms with Gasteiger partial charge in [-0.15, -0.1) is 0 Å². The Kier molecular flexibility index (Phi) is 8.41. The molecule has 2 N–H and O–H groups in total. The van der Waals surface area contributed by atoms with E-state index in [9.17, 15) is 22.8 Å². The number of hydrogen-bond donors (Lipinski definition) is 1. The number of nitrogens with two attached hydrogens (primary N) is 1. The lowest BCUT2D eigenvalue weighted by Crippen LogP contribution is -2.10. The number of benzene rings is 2. The lowest BCUT2D eigenvalue weighted by Gasteiger charge is -2.11. The highest BCUT2D eigenvalue weighted by atomic mass is 35.5. The van der Waals surface area contributed by atoms with Gasteiger partial charge < -0.3 is 10.5 Å². The molecule has 1 heterocycles. The predicted molar refractivity (Wildman–Crippen MR) is 122 cm³/mol. The molecule has 0 amide bonds. The van der Waals surface area contributed by atoms with Crippen molar-refractivity contribution in [1.82, 2.24) is 4.98 Å². The standard InChI is InChI=1S/C25H22ClF3N2O3/c26-22-8-5-17(14-21(22)25(27,28)29)13-18(32)12-16-3-6-19(7-4-16)34-20-9-11-31-23(15-20)24(33)2-1-10-30/h3-9,11,14-15H,1-2,10,12-13,30H2. The van der Waals surface area contributed by atoms with Gasteiger partial charge in [0, 0.05) is 31.5 Å². The SMILES string of the molecule is NCCCC(=O)c1cc(Oc2ccc(CC(=O)Cc3ccc(Cl)c(C(F)(F)F)c3)cc2)ccn1. The first-order valence-electron chi connectivity index (χ1n) is 10.5. The molecule has 9 heteroatoms. The zero-order valence-corrected chi connectivity index (χ0v) is 18.8. The Morgan fingerprint density at radius 3 is 2.29 bits per heavy atom. The molecule has 178 valence electrons. The fourth-order valence-electron chi connectivity index (χ4n) is 3.25. The van der Waals surface area contributed by atoms with Gasteiger partial charge >= 0.3 is 6.18 Å². The number of pyridine rings is 1. The van der Waals surface area contributed by atoms with E-state index in [1.54, 1.807) is 36.4 Å². The van der Waals surface area contributed by atoms with Gasteiger partial charge in [-0.2, -0.15) is 13.2 Å². The molecule has 0 unspecified atom stereocenters. The second-order valence-corrected chi connectivity index (χ2v) is 8.05. The van der Waals surface area contributed by atoms with Crippen LogP contribution in [0.2, 0.25) is 5.02 Å². The van der Waals surface area contributed by atoms with Gasteiger partial charge in [-0.3, -0.25) is 14.6 Å². The number of aromatic nitrogens is 1. The number of ketones is 2. The zero-order chi connectivity index (χ0) is 24.7. The first-order valence-corrected chi connectivity index (χ1v) is 10.9. The van der Waals surface area contributed by atoms with Gasteiger partial charge in [0.15, 0.2) is 5.78 Å². The van der Waals surface area contributed by atoms with Crippen LogP contribution >= 0.6 is 11.6 Å². The lowest BCUT2D eigenvalue weighted by molar-refractivity contribution is -0.137. The summed E-state index contributed by atoms with van der Waals surface area (Å²) in [4.78, 5) is 28.6. The van der Waals surface area contributed by atoms with E-state index in [1.165, 1.54) is 12.3 Å². The molecule has 0 aliphatic carbocycles. The summed E-state index contributed by atoms with van der Waals surface area (Å²) in [5.41, 5.74) is 5.70. The van der Waals surface area contributed by atoms with Crippen LogP contribution in [0.25, 0.3) is 0 Å². The normalized spacial score (nSPS) is 11.3. The Morgan fingerprint density at radius 1 is 0.941 bits per heavy atom. The smallest absolute Gasteiger partial charge is 0.417 e. The molecule has 3 aromatic rings. The van der Waals surface area contributed by atoms with E-state index in [-0.39, 0.29) is 30.0 Å². The number of halogens is 4. The van der Waals surface area contributed by atoms with Crippen molar-refractivity contribution in [3.63, 3.8) is 0 Å². The summed E-state index contributed by atoms with van der Waals surface area (Å²) in [5.74, 6) is 0.583. The molecule has 0 aliphatic heterocycles. The van der Waals surface area contributed by atoms with Crippen LogP contribution in [-0.4, -0.2) is 23.1 Å². The molecule has 0 spiro atoms. The molecule has 2 aromatic carbocycles. The number of Topliss-reactive ketones (excluding diaryl/α,β-unsaturated/α-hetero) is 2. The monoisotopic (exact) mass is 490 g/mol. The molecule has 0 aliphatic rings. The largest absolute Gasteiger partial charge is 0.457 e. The Hall–Kier alpha value is -3.23. The molecule has 3 rings (SSSR count). The fourth-order valence-corrected chi connectivity index (χ4v) is 3.47. The van der Waals surface area contributed by atoms with E-state index >= 15 is 0 Å². The molecule has 0 saturated heterocycles. The average Bonchev–Trinajstić information content (AvgIpc) is 2.79. The summed E-state index contributed by atoms with van der Waals surface area (Å²) in [6, 6.07) is 13.4. The third-order valence-electron chi connectivity index (χ3n) is 4.92. The van der Waals surface area contributed by atoms with Crippen LogP contribution in [0, 0.1) is 0 Å². The molecule has 34 heavy (non-hydrogen) atoms. The highest BCUT2D eigenvalue weighted by molar-refractivity contribution is 6.31. The number of carbonyl (C=O) groups is 2. The van der Waals surface area contributed by atoms with Crippen molar-refractivity contribution in [2.24, 2.45) is 5.73 Å². The van der Waals surface area contributed by atoms with Gasteiger partial charge in [0.1, 0.15) is 23.0 Å². The Morgan fingerprint density at radius 2 is 1.62 bits per heavy atom. The van der Waals surface area contributed by atoms with Crippen molar-refractivity contribution in [3.8, 4) is 11.5 Å². The highest BCUT2D eigenvalue weighted by Crippen LogP contribution is 2.35. The first kappa shape index (κ1) is 25.4. The van der Waals surface area contributed by atoms with Crippen LogP contribution in [0.1, 0.15) is 40.0 Å². The second kappa shape index (κ2) is 11.3. The summed E-state index contributed by atoms with van der Waals surface area (Å²) in [6.45, 7) is 0.422. The molecule has 1 aromatic heterocycles. The Bertz CT molecular complexity index is 1160. The molecule has 0 atom stereocenters. The van der Waals surface area contributed by atoms with E-state index in [1.807, 2.05) is 0 Å². The van der Waals surface area contributed by atoms with Crippen molar-refractivity contribution in [2.45, 2.75) is 31.9 Å². The van der Waals surface area contributed by atoms with Crippen LogP contribution in [0.5, 0.6) is 11.5 Å². The van der Waals surface area contributed by atoms with Gasteiger partial charge in [0.05, 0.1) is 10.6 Å². The summed E-state index contributed by atoms with van der Waals surface area (Å²) >= 11 is 5.62. The van der Waals surface area contributed by atoms with E-state index in [4.69, 9.17) is 22.1 Å². The van der Waals surface area contributed by atoms with Crippen LogP contribution in [0.4, 0.5) is 13.2 Å². The molecule has 0 fully saturated rings. The highest BCUT2D eigenvalue weighted by Gasteiger charge is 2.33. The predicted octanol–water partition coefficient (Wildman–Crippen LogP) is 5.82. The van der Waals surface area contributed by atoms with E-state index in [0.29, 0.717) is 42.1 Å². The van der Waals surface area contributed by atoms with Crippen LogP contribution in [-0.2, 0) is 23.8 Å². The minimum absolute atomic E-state index is 0.0549. The third-order valence-corrected chi connectivity index (χ3v) is 5.25. The van der Waals surface area contributed by atoms with Gasteiger partial charge in [-0.25, -0.2) is 0 Å². The summed E-state index contributed by atoms with van der Waals surface area (Å²) in [5, 5.41) is -0.402. The molecular weight excluding hydrogens is 469 g/mol. The second-order valence-electron chi connectivity index (χ2n) is 7.64. The van der Waals surface area contributed by atoms with Gasteiger partial charge in [0.25, 0.3) is 0 Å². The summed E-state index contributed by atoms with van der Waals surface area (Å²) < 4.78 is 44.8. The first-order chi connectivity index (χ1) is 16.2. The topological polar surface area (TPSA) is 82.3 Å². The molecular formula is C25H22ClF3N2O3. The van der Waals surface area contributed by atoms with Crippen LogP contribution in [0.15, 0.2) is 60.8 Å². The summed E-state index contributed by atoms with van der Waals surface area (Å²) in [7, 11) is 0. The minimum Gasteiger partial charge on any atom is -0.457 e. The maximum Gasteiger partial charge on any atom is 0.417 e. The average molecular weight is 491 g/mol. The van der Waals surface area contributed by atoms with Gasteiger partial charge in [-0.05, 0) is 54.4 Å². The van der Waals surface area contributed by atoms with E-state index in [2.05, 4.69) is 4.98 Å². The van der Waals surface area contributed by atoms with Crippen LogP contribution in [0.3, 0.4) is 0 Å². The Balaban J connectivity index is 1.60. The zero-order valence-electron chi connectivity index (χ0n) is 18.1. The van der Waals surface area contributed by atoms with Crippen molar-refractivity contribution in [3.05, 3.63) is 88.2 Å². The minimum atomic E-state index is -4.58. The maximum absolute atomic E-state index is 13.0. The number of rotatable bonds is 10. The number of ether oxygens (including phenoxy) is 1. The Labute approximate surface area is 199 Å². The van der Waals surface area contributed by atoms with Crippen molar-refractivity contribution in [2.75, 3.05) is 6.54 Å². The fraction of sp³-hybridized carbons (Fsp3) is 0.240. The van der Waals surface area contributed by atoms with Crippen molar-refractivity contribution >= 4 is 23.2 Å². The summed E-state index contributed by atoms with van der Waals surface area (Å²) in [6.07, 6.45) is -2.30. The van der Waals surface area contributed by atoms with E-state index in [0.717, 1.165) is 12.1 Å². The van der Waals surface area contributed by atoms with Gasteiger partial charge in [-0.1, -0.05) is 29.8 Å². The maximum atomic E-state index is 13.0. The lowest BCUT2D eigenvalue weighted by atomic mass is 10.0. The molecule has 0 saturated carbocycles. The number of hydrogen-bond acceptors (Lipinski definition) is 5. The number of alkyl halides is 3. The number of nitrogens with zero attached hydrogens (tertiary/aromatic N) is 1. The van der Waals surface area contributed by atoms with Crippen molar-refractivity contribution < 1.29 is 27.5 Å². The molecule has 5 nitrogen and oxygen atoms in total. The van der Waals surface area contributed by atoms with Crippen LogP contribution < -0.4 is 10.5 Å². The third kappa shape index (κ3) is 7.13. The van der Waals surface area contributed by atoms with Crippen molar-refractivity contribution in [1.29, 1.82) is 0 Å². The quantitative estimate of drug-likeness (QED) is 0.362. The van der Waals surface area contributed by atoms with Gasteiger partial charge in [0.2, 0.25) is 0 Å². The molecule has 0 bridgehead atoms.